The first-order chi connectivity index (χ1) is 37.8. The molecule has 0 N–H and O–H groups in total. The van der Waals surface area contributed by atoms with Gasteiger partial charge in [0.05, 0.1) is 28.1 Å². The van der Waals surface area contributed by atoms with Crippen LogP contribution in [0.2, 0.25) is 0 Å². The van der Waals surface area contributed by atoms with Gasteiger partial charge in [-0.25, -0.2) is 4.98 Å². The number of pyridine rings is 1. The minimum absolute atomic E-state index is 0.0862. The van der Waals surface area contributed by atoms with Crippen LogP contribution < -0.4 is 14.5 Å². The standard InChI is InChI=1S/C72H62N4O/c1-71(2,3)53-41-56(74-46-75(67-31-15-14-30-66(67)74)70-60(50-18-6-4-7-19-50)26-17-27-61(70)51-20-8-5-9-21-51)44-58(42-53)77-57-32-33-63-62-25-12-13-29-65(62)76(68(63)45-57)69-43-52(34-35-73-69)72(54-37-47-36-48(39-54)40-55(72)38-47)64-28-16-23-49-22-10-11-24-59(49)64/h4-35,41-45,47-48,54-55H,36-40,46H2,1-3H3. The van der Waals surface area contributed by atoms with Crippen LogP contribution in [0.3, 0.4) is 0 Å². The zero-order chi connectivity index (χ0) is 51.4. The third-order valence-electron chi connectivity index (χ3n) is 18.3. The van der Waals surface area contributed by atoms with Gasteiger partial charge in [-0.3, -0.25) is 4.57 Å². The number of aromatic nitrogens is 2. The predicted molar refractivity (Wildman–Crippen MR) is 318 cm³/mol. The Balaban J connectivity index is 0.840. The molecule has 16 rings (SSSR count). The molecule has 3 heterocycles. The summed E-state index contributed by atoms with van der Waals surface area (Å²) in [6.45, 7) is 7.50. The van der Waals surface area contributed by atoms with Crippen LogP contribution in [0.4, 0.5) is 22.7 Å². The monoisotopic (exact) mass is 998 g/mol. The zero-order valence-corrected chi connectivity index (χ0v) is 44.1. The molecule has 4 bridgehead atoms. The maximum absolute atomic E-state index is 7.19. The molecule has 9 aromatic carbocycles. The van der Waals surface area contributed by atoms with Gasteiger partial charge in [-0.15, -0.1) is 0 Å². The molecule has 376 valence electrons. The van der Waals surface area contributed by atoms with Gasteiger partial charge in [0.25, 0.3) is 0 Å². The highest BCUT2D eigenvalue weighted by atomic mass is 16.5. The first kappa shape index (κ1) is 45.9. The van der Waals surface area contributed by atoms with E-state index in [4.69, 9.17) is 9.72 Å². The van der Waals surface area contributed by atoms with Gasteiger partial charge in [0.15, 0.2) is 0 Å². The van der Waals surface area contributed by atoms with Crippen LogP contribution in [-0.4, -0.2) is 16.2 Å². The van der Waals surface area contributed by atoms with Crippen LogP contribution in [0.15, 0.2) is 225 Å². The molecule has 4 saturated carbocycles. The lowest BCUT2D eigenvalue weighted by molar-refractivity contribution is -0.0412. The van der Waals surface area contributed by atoms with E-state index in [0.717, 1.165) is 51.6 Å². The van der Waals surface area contributed by atoms with E-state index in [1.807, 2.05) is 0 Å². The first-order valence-corrected chi connectivity index (χ1v) is 28.0. The van der Waals surface area contributed by atoms with Crippen LogP contribution >= 0.6 is 0 Å². The summed E-state index contributed by atoms with van der Waals surface area (Å²) in [7, 11) is 0. The number of ether oxygens (including phenoxy) is 1. The molecule has 2 aromatic heterocycles. The fourth-order valence-electron chi connectivity index (χ4n) is 15.2. The van der Waals surface area contributed by atoms with Crippen molar-refractivity contribution in [2.45, 2.75) is 63.7 Å². The lowest BCUT2D eigenvalue weighted by atomic mass is 9.42. The van der Waals surface area contributed by atoms with Crippen LogP contribution in [0.1, 0.15) is 69.6 Å². The molecular formula is C72H62N4O. The molecule has 0 amide bonds. The number of nitrogens with zero attached hydrogens (tertiary/aromatic N) is 4. The minimum atomic E-state index is -0.152. The van der Waals surface area contributed by atoms with E-state index in [9.17, 15) is 0 Å². The van der Waals surface area contributed by atoms with Crippen LogP contribution in [0, 0.1) is 23.7 Å². The second-order valence-corrected chi connectivity index (χ2v) is 23.6. The van der Waals surface area contributed by atoms with E-state index < -0.39 is 0 Å². The summed E-state index contributed by atoms with van der Waals surface area (Å²) in [6.07, 6.45) is 8.75. The number of fused-ring (bicyclic) bond motifs is 5. The van der Waals surface area contributed by atoms with Crippen LogP contribution in [0.5, 0.6) is 11.5 Å². The molecule has 0 spiro atoms. The Labute approximate surface area is 452 Å². The lowest BCUT2D eigenvalue weighted by Gasteiger charge is -2.62. The molecular weight excluding hydrogens is 937 g/mol. The number of hydrogen-bond donors (Lipinski definition) is 0. The van der Waals surface area contributed by atoms with E-state index in [2.05, 4.69) is 260 Å². The Morgan fingerprint density at radius 1 is 0.494 bits per heavy atom. The van der Waals surface area contributed by atoms with Crippen molar-refractivity contribution in [2.24, 2.45) is 23.7 Å². The SMILES string of the molecule is CC(C)(C)c1cc(Oc2ccc3c4ccccc4n(-c4cc(C5(c6cccc7ccccc67)C6CC7CC(C6)CC5C7)ccn4)c3c2)cc(N2CN(c3c(-c4ccccc4)cccc3-c3ccccc3)c3ccccc32)c1. The molecule has 5 nitrogen and oxygen atoms in total. The fourth-order valence-corrected chi connectivity index (χ4v) is 15.2. The number of para-hydroxylation sites is 4. The average Bonchev–Trinajstić information content (AvgIpc) is 4.03. The zero-order valence-electron chi connectivity index (χ0n) is 44.1. The van der Waals surface area contributed by atoms with Crippen molar-refractivity contribution < 1.29 is 4.74 Å². The van der Waals surface area contributed by atoms with E-state index in [0.29, 0.717) is 18.5 Å². The highest BCUT2D eigenvalue weighted by Crippen LogP contribution is 2.66. The smallest absolute Gasteiger partial charge is 0.137 e. The molecule has 0 atom stereocenters. The van der Waals surface area contributed by atoms with Crippen molar-refractivity contribution in [1.29, 1.82) is 0 Å². The van der Waals surface area contributed by atoms with Crippen LogP contribution in [0.25, 0.3) is 60.6 Å². The molecule has 4 fully saturated rings. The summed E-state index contributed by atoms with van der Waals surface area (Å²) >= 11 is 0. The molecule has 5 heteroatoms. The Hall–Kier alpha value is -8.41. The fraction of sp³-hybridized carbons (Fsp3) is 0.208. The molecule has 5 aliphatic rings. The van der Waals surface area contributed by atoms with Gasteiger partial charge in [0.1, 0.15) is 24.0 Å². The third-order valence-corrected chi connectivity index (χ3v) is 18.3. The molecule has 1 aliphatic heterocycles. The van der Waals surface area contributed by atoms with Crippen molar-refractivity contribution >= 4 is 55.3 Å². The molecule has 77 heavy (non-hydrogen) atoms. The summed E-state index contributed by atoms with van der Waals surface area (Å²) in [4.78, 5) is 10.3. The Bertz CT molecular complexity index is 3980. The van der Waals surface area contributed by atoms with Gasteiger partial charge in [-0.2, -0.15) is 0 Å². The number of benzene rings is 9. The number of anilines is 4. The number of hydrogen-bond acceptors (Lipinski definition) is 4. The summed E-state index contributed by atoms with van der Waals surface area (Å²) in [5.74, 6) is 5.43. The quantitative estimate of drug-likeness (QED) is 0.144. The highest BCUT2D eigenvalue weighted by molar-refractivity contribution is 6.09. The molecule has 4 aliphatic carbocycles. The second kappa shape index (κ2) is 17.8. The summed E-state index contributed by atoms with van der Waals surface area (Å²) in [5, 5.41) is 5.12. The molecule has 0 radical (unpaired) electrons. The second-order valence-electron chi connectivity index (χ2n) is 23.6. The molecule has 0 unspecified atom stereocenters. The average molecular weight is 999 g/mol. The number of rotatable bonds is 9. The van der Waals surface area contributed by atoms with Gasteiger partial charge < -0.3 is 14.5 Å². The normalized spacial score (nSPS) is 20.6. The lowest BCUT2D eigenvalue weighted by Crippen LogP contribution is -2.56. The van der Waals surface area contributed by atoms with E-state index >= 15 is 0 Å². The highest BCUT2D eigenvalue weighted by Gasteiger charge is 2.59. The van der Waals surface area contributed by atoms with Gasteiger partial charge in [0.2, 0.25) is 0 Å². The summed E-state index contributed by atoms with van der Waals surface area (Å²) < 4.78 is 9.59. The summed E-state index contributed by atoms with van der Waals surface area (Å²) in [6, 6.07) is 80.5. The van der Waals surface area contributed by atoms with Gasteiger partial charge in [-0.1, -0.05) is 172 Å². The predicted octanol–water partition coefficient (Wildman–Crippen LogP) is 18.7. The van der Waals surface area contributed by atoms with Gasteiger partial charge in [0, 0.05) is 51.3 Å². The topological polar surface area (TPSA) is 33.5 Å². The van der Waals surface area contributed by atoms with Gasteiger partial charge in [-0.05, 0) is 154 Å². The van der Waals surface area contributed by atoms with E-state index in [1.54, 1.807) is 0 Å². The van der Waals surface area contributed by atoms with Crippen molar-refractivity contribution in [3.8, 4) is 39.6 Å². The Morgan fingerprint density at radius 2 is 1.10 bits per heavy atom. The first-order valence-electron chi connectivity index (χ1n) is 28.0. The minimum Gasteiger partial charge on any atom is -0.457 e. The summed E-state index contributed by atoms with van der Waals surface area (Å²) in [5.41, 5.74) is 15.5. The third kappa shape index (κ3) is 7.45. The van der Waals surface area contributed by atoms with Crippen molar-refractivity contribution in [1.82, 2.24) is 9.55 Å². The van der Waals surface area contributed by atoms with Crippen LogP contribution in [-0.2, 0) is 10.8 Å². The molecule has 0 saturated heterocycles. The van der Waals surface area contributed by atoms with Crippen molar-refractivity contribution in [3.63, 3.8) is 0 Å². The Morgan fingerprint density at radius 3 is 1.82 bits per heavy atom. The van der Waals surface area contributed by atoms with E-state index in [1.165, 1.54) is 104 Å². The van der Waals surface area contributed by atoms with Gasteiger partial charge >= 0.3 is 0 Å². The molecule has 11 aromatic rings. The maximum Gasteiger partial charge on any atom is 0.137 e. The maximum atomic E-state index is 7.19. The van der Waals surface area contributed by atoms with Crippen molar-refractivity contribution in [3.05, 3.63) is 241 Å². The largest absolute Gasteiger partial charge is 0.457 e. The van der Waals surface area contributed by atoms with Crippen molar-refractivity contribution in [2.75, 3.05) is 16.5 Å². The van der Waals surface area contributed by atoms with E-state index in [-0.39, 0.29) is 10.8 Å². The Kier molecular flexibility index (Phi) is 10.6.